The highest BCUT2D eigenvalue weighted by atomic mass is 32.2. The quantitative estimate of drug-likeness (QED) is 0.860. The van der Waals surface area contributed by atoms with Gasteiger partial charge in [-0.05, 0) is 37.1 Å². The van der Waals surface area contributed by atoms with Crippen LogP contribution in [0.2, 0.25) is 0 Å². The van der Waals surface area contributed by atoms with Gasteiger partial charge in [-0.25, -0.2) is 9.00 Å². The predicted octanol–water partition coefficient (Wildman–Crippen LogP) is 2.28. The van der Waals surface area contributed by atoms with E-state index in [1.807, 2.05) is 0 Å². The molecule has 0 atom stereocenters. The van der Waals surface area contributed by atoms with Crippen molar-refractivity contribution in [1.29, 1.82) is 0 Å². The van der Waals surface area contributed by atoms with Gasteiger partial charge in [0, 0.05) is 11.5 Å². The minimum Gasteiger partial charge on any atom is -0.478 e. The van der Waals surface area contributed by atoms with Crippen LogP contribution in [0.3, 0.4) is 0 Å². The molecule has 1 saturated heterocycles. The molecule has 16 heavy (non-hydrogen) atoms. The average molecular weight is 239 g/mol. The van der Waals surface area contributed by atoms with Gasteiger partial charge in [0.05, 0.1) is 21.0 Å². The van der Waals surface area contributed by atoms with Crippen molar-refractivity contribution < 1.29 is 14.1 Å². The van der Waals surface area contributed by atoms with Gasteiger partial charge in [-0.1, -0.05) is 0 Å². The number of rotatable bonds is 2. The minimum absolute atomic E-state index is 0.223. The predicted molar refractivity (Wildman–Crippen MR) is 62.6 cm³/mol. The number of aromatic carboxylic acids is 1. The Kier molecular flexibility index (Phi) is 2.96. The molecule has 4 nitrogen and oxygen atoms in total. The van der Waals surface area contributed by atoms with E-state index in [1.54, 1.807) is 12.1 Å². The van der Waals surface area contributed by atoms with Gasteiger partial charge in [0.1, 0.15) is 0 Å². The molecule has 0 unspecified atom stereocenters. The Morgan fingerprint density at radius 1 is 1.19 bits per heavy atom. The summed E-state index contributed by atoms with van der Waals surface area (Å²) in [4.78, 5) is 10.6. The zero-order valence-electron chi connectivity index (χ0n) is 8.76. The summed E-state index contributed by atoms with van der Waals surface area (Å²) in [6.07, 6.45) is 1.94. The molecule has 1 aliphatic heterocycles. The maximum atomic E-state index is 12.1. The maximum Gasteiger partial charge on any atom is 0.335 e. The van der Waals surface area contributed by atoms with Crippen molar-refractivity contribution in [2.45, 2.75) is 12.8 Å². The monoisotopic (exact) mass is 239 g/mol. The molecule has 1 N–H and O–H groups in total. The zero-order chi connectivity index (χ0) is 11.6. The summed E-state index contributed by atoms with van der Waals surface area (Å²) >= 11 is 0. The molecule has 2 rings (SSSR count). The highest BCUT2D eigenvalue weighted by Crippen LogP contribution is 2.21. The third-order valence-corrected chi connectivity index (χ3v) is 4.96. The average Bonchev–Trinajstić information content (AvgIpc) is 2.65. The fraction of sp³-hybridized carbons (Fsp3) is 0.364. The van der Waals surface area contributed by atoms with Crippen molar-refractivity contribution in [3.8, 4) is 0 Å². The summed E-state index contributed by atoms with van der Waals surface area (Å²) in [5.74, 6) is 0.359. The van der Waals surface area contributed by atoms with Crippen LogP contribution in [0.15, 0.2) is 28.6 Å². The fourth-order valence-electron chi connectivity index (χ4n) is 1.71. The molecule has 1 heterocycles. The van der Waals surface area contributed by atoms with Crippen LogP contribution >= 0.6 is 0 Å². The van der Waals surface area contributed by atoms with Crippen molar-refractivity contribution in [2.24, 2.45) is 4.36 Å². The second-order valence-electron chi connectivity index (χ2n) is 3.83. The first-order valence-corrected chi connectivity index (χ1v) is 7.00. The molecule has 1 aliphatic rings. The van der Waals surface area contributed by atoms with Crippen molar-refractivity contribution in [2.75, 3.05) is 11.5 Å². The minimum atomic E-state index is -2.06. The molecule has 1 aromatic carbocycles. The van der Waals surface area contributed by atoms with E-state index in [1.165, 1.54) is 12.1 Å². The molecular weight excluding hydrogens is 226 g/mol. The third-order valence-electron chi connectivity index (χ3n) is 2.56. The summed E-state index contributed by atoms with van der Waals surface area (Å²) < 4.78 is 16.3. The van der Waals surface area contributed by atoms with Crippen LogP contribution in [0.4, 0.5) is 5.69 Å². The SMILES string of the molecule is O=C(O)c1ccc(N=S2(=O)CCCC2)cc1. The van der Waals surface area contributed by atoms with Gasteiger partial charge >= 0.3 is 5.97 Å². The standard InChI is InChI=1S/C11H13NO3S/c13-11(14)9-3-5-10(6-4-9)12-16(15)7-1-2-8-16/h3-6H,1-2,7-8H2,(H,13,14). The number of nitrogens with zero attached hydrogens (tertiary/aromatic N) is 1. The van der Waals surface area contributed by atoms with E-state index in [4.69, 9.17) is 5.11 Å². The van der Waals surface area contributed by atoms with Crippen LogP contribution in [-0.4, -0.2) is 26.8 Å². The normalized spacial score (nSPS) is 18.2. The van der Waals surface area contributed by atoms with Crippen LogP contribution < -0.4 is 0 Å². The molecule has 86 valence electrons. The molecule has 0 amide bonds. The Hall–Kier alpha value is -1.36. The summed E-state index contributed by atoms with van der Waals surface area (Å²) in [5.41, 5.74) is 0.831. The second kappa shape index (κ2) is 4.25. The van der Waals surface area contributed by atoms with Crippen LogP contribution in [0, 0.1) is 0 Å². The molecule has 0 bridgehead atoms. The molecule has 0 saturated carbocycles. The molecule has 0 spiro atoms. The van der Waals surface area contributed by atoms with E-state index >= 15 is 0 Å². The lowest BCUT2D eigenvalue weighted by atomic mass is 10.2. The van der Waals surface area contributed by atoms with Crippen LogP contribution in [0.5, 0.6) is 0 Å². The van der Waals surface area contributed by atoms with Gasteiger partial charge in [-0.3, -0.25) is 0 Å². The Labute approximate surface area is 94.5 Å². The van der Waals surface area contributed by atoms with Crippen molar-refractivity contribution in [1.82, 2.24) is 0 Å². The summed E-state index contributed by atoms with van der Waals surface area (Å²) in [5, 5.41) is 8.72. The van der Waals surface area contributed by atoms with Gasteiger partial charge < -0.3 is 5.11 Å². The molecule has 0 aromatic heterocycles. The Bertz CT molecular complexity index is 501. The lowest BCUT2D eigenvalue weighted by Crippen LogP contribution is -1.99. The van der Waals surface area contributed by atoms with Crippen LogP contribution in [0.1, 0.15) is 23.2 Å². The Morgan fingerprint density at radius 2 is 1.75 bits per heavy atom. The van der Waals surface area contributed by atoms with E-state index in [9.17, 15) is 9.00 Å². The van der Waals surface area contributed by atoms with E-state index in [0.717, 1.165) is 12.8 Å². The van der Waals surface area contributed by atoms with Crippen LogP contribution in [-0.2, 0) is 9.73 Å². The van der Waals surface area contributed by atoms with Gasteiger partial charge in [0.15, 0.2) is 0 Å². The van der Waals surface area contributed by atoms with Gasteiger partial charge in [0.2, 0.25) is 0 Å². The largest absolute Gasteiger partial charge is 0.478 e. The third kappa shape index (κ3) is 2.41. The van der Waals surface area contributed by atoms with Crippen molar-refractivity contribution >= 4 is 21.4 Å². The van der Waals surface area contributed by atoms with E-state index < -0.39 is 15.7 Å². The molecule has 1 fully saturated rings. The highest BCUT2D eigenvalue weighted by molar-refractivity contribution is 7.93. The highest BCUT2D eigenvalue weighted by Gasteiger charge is 2.16. The number of carbonyl (C=O) groups is 1. The summed E-state index contributed by atoms with van der Waals surface area (Å²) in [6.45, 7) is 0. The maximum absolute atomic E-state index is 12.1. The number of hydrogen-bond donors (Lipinski definition) is 1. The van der Waals surface area contributed by atoms with Crippen LogP contribution in [0.25, 0.3) is 0 Å². The smallest absolute Gasteiger partial charge is 0.335 e. The number of carboxylic acids is 1. The molecular formula is C11H13NO3S. The lowest BCUT2D eigenvalue weighted by molar-refractivity contribution is 0.0697. The van der Waals surface area contributed by atoms with E-state index in [2.05, 4.69) is 4.36 Å². The van der Waals surface area contributed by atoms with Gasteiger partial charge in [0.25, 0.3) is 0 Å². The first-order valence-electron chi connectivity index (χ1n) is 5.15. The first-order chi connectivity index (χ1) is 7.59. The molecule has 5 heteroatoms. The van der Waals surface area contributed by atoms with Gasteiger partial charge in [-0.15, -0.1) is 0 Å². The molecule has 0 radical (unpaired) electrons. The van der Waals surface area contributed by atoms with Crippen molar-refractivity contribution in [3.05, 3.63) is 29.8 Å². The van der Waals surface area contributed by atoms with Gasteiger partial charge in [-0.2, -0.15) is 4.36 Å². The van der Waals surface area contributed by atoms with E-state index in [-0.39, 0.29) is 5.56 Å². The van der Waals surface area contributed by atoms with E-state index in [0.29, 0.717) is 17.2 Å². The first kappa shape index (κ1) is 11.1. The Balaban J connectivity index is 2.29. The number of benzene rings is 1. The topological polar surface area (TPSA) is 66.7 Å². The molecule has 0 aliphatic carbocycles. The zero-order valence-corrected chi connectivity index (χ0v) is 9.57. The summed E-state index contributed by atoms with van der Waals surface area (Å²) in [6, 6.07) is 6.18. The number of carboxylic acid groups (broad SMARTS) is 1. The summed E-state index contributed by atoms with van der Waals surface area (Å²) in [7, 11) is -2.06. The molecule has 1 aromatic rings. The fourth-order valence-corrected chi connectivity index (χ4v) is 3.91. The Morgan fingerprint density at radius 3 is 2.25 bits per heavy atom. The second-order valence-corrected chi connectivity index (χ2v) is 6.38. The van der Waals surface area contributed by atoms with Crippen molar-refractivity contribution in [3.63, 3.8) is 0 Å². The lowest BCUT2D eigenvalue weighted by Gasteiger charge is -2.00. The number of hydrogen-bond acceptors (Lipinski definition) is 3.